The minimum absolute atomic E-state index is 0.0554. The second kappa shape index (κ2) is 15.5. The van der Waals surface area contributed by atoms with Crippen LogP contribution in [0.5, 0.6) is 17.2 Å². The number of aryl methyl sites for hydroxylation is 1. The molecule has 2 aromatic carbocycles. The molecule has 3 aromatic rings. The summed E-state index contributed by atoms with van der Waals surface area (Å²) in [6, 6.07) is 6.30. The normalized spacial score (nSPS) is 17.8. The van der Waals surface area contributed by atoms with Gasteiger partial charge >= 0.3 is 5.97 Å². The number of fused-ring (bicyclic) bond motifs is 1. The summed E-state index contributed by atoms with van der Waals surface area (Å²) in [5, 5.41) is 49.8. The summed E-state index contributed by atoms with van der Waals surface area (Å²) >= 11 is 8.51. The van der Waals surface area contributed by atoms with Crippen molar-refractivity contribution in [3.63, 3.8) is 0 Å². The van der Waals surface area contributed by atoms with E-state index in [-0.39, 0.29) is 69.0 Å². The number of rotatable bonds is 13. The Morgan fingerprint density at radius 2 is 1.94 bits per heavy atom. The summed E-state index contributed by atoms with van der Waals surface area (Å²) < 4.78 is 0.0554. The average molecular weight is 759 g/mol. The Bertz CT molecular complexity index is 1970. The van der Waals surface area contributed by atoms with E-state index in [0.717, 1.165) is 23.0 Å². The molecule has 0 bridgehead atoms. The van der Waals surface area contributed by atoms with Gasteiger partial charge in [-0.05, 0) is 49.6 Å². The number of nitrogens with zero attached hydrogens (tertiary/aromatic N) is 3. The number of hydrogen-bond acceptors (Lipinski definition) is 13. The highest BCUT2D eigenvalue weighted by Gasteiger charge is 2.54. The Balaban J connectivity index is 1.22. The molecule has 1 aromatic heterocycles. The molecule has 2 aliphatic heterocycles. The zero-order valence-corrected chi connectivity index (χ0v) is 30.0. The van der Waals surface area contributed by atoms with Crippen LogP contribution in [0.1, 0.15) is 49.4 Å². The Hall–Kier alpha value is -5.00. The molecule has 2 aliphatic rings. The first-order valence-corrected chi connectivity index (χ1v) is 17.9. The molecule has 1 saturated heterocycles. The van der Waals surface area contributed by atoms with E-state index in [1.165, 1.54) is 28.8 Å². The van der Waals surface area contributed by atoms with Crippen LogP contribution in [0.3, 0.4) is 0 Å². The highest BCUT2D eigenvalue weighted by atomic mass is 35.5. The molecule has 0 aliphatic carbocycles. The molecule has 1 fully saturated rings. The molecule has 5 rings (SSSR count). The van der Waals surface area contributed by atoms with Crippen LogP contribution >= 0.6 is 34.7 Å². The lowest BCUT2D eigenvalue weighted by atomic mass is 9.89. The van der Waals surface area contributed by atoms with Crippen molar-refractivity contribution in [2.45, 2.75) is 50.9 Å². The van der Waals surface area contributed by atoms with Crippen molar-refractivity contribution in [2.24, 2.45) is 5.16 Å². The molecule has 18 heteroatoms. The van der Waals surface area contributed by atoms with Gasteiger partial charge in [0.25, 0.3) is 11.8 Å². The highest BCUT2D eigenvalue weighted by molar-refractivity contribution is 8.00. The van der Waals surface area contributed by atoms with E-state index in [9.17, 15) is 39.6 Å². The number of carbonyl (C=O) groups excluding carboxylic acids is 3. The van der Waals surface area contributed by atoms with E-state index in [4.69, 9.17) is 22.2 Å². The molecule has 3 amide bonds. The third kappa shape index (κ3) is 7.69. The predicted molar refractivity (Wildman–Crippen MR) is 192 cm³/mol. The highest BCUT2D eigenvalue weighted by Crippen LogP contribution is 2.44. The Morgan fingerprint density at radius 3 is 2.61 bits per heavy atom. The van der Waals surface area contributed by atoms with Gasteiger partial charge in [-0.2, -0.15) is 0 Å². The van der Waals surface area contributed by atoms with Gasteiger partial charge in [0.05, 0.1) is 5.92 Å². The van der Waals surface area contributed by atoms with Crippen molar-refractivity contribution in [3.05, 3.63) is 62.8 Å². The monoisotopic (exact) mass is 758 g/mol. The summed E-state index contributed by atoms with van der Waals surface area (Å²) in [5.74, 6) is -4.20. The fourth-order valence-corrected chi connectivity index (χ4v) is 8.07. The maximum Gasteiger partial charge on any atom is 0.352 e. The summed E-state index contributed by atoms with van der Waals surface area (Å²) in [4.78, 5) is 62.1. The minimum Gasteiger partial charge on any atom is -0.508 e. The molecule has 51 heavy (non-hydrogen) atoms. The lowest BCUT2D eigenvalue weighted by Crippen LogP contribution is -2.71. The third-order valence-corrected chi connectivity index (χ3v) is 10.7. The SMILES string of the molecule is CCC1=C(C(=O)O)N2C(=O)[C@@H](NC(=O)/C(=N\OCCCNC(=O)[C@@H](C)c3cc(O)cc(O)c3-c3cc(C)ccc3O)c3nc(N)sc3Cl)[C@H]2SC1. The van der Waals surface area contributed by atoms with Gasteiger partial charge in [0.15, 0.2) is 10.8 Å². The summed E-state index contributed by atoms with van der Waals surface area (Å²) in [5.41, 5.74) is 7.54. The van der Waals surface area contributed by atoms with Crippen LogP contribution in [0.15, 0.2) is 46.8 Å². The number of aliphatic carboxylic acids is 1. The number of nitrogen functional groups attached to an aromatic ring is 1. The second-order valence-corrected chi connectivity index (χ2v) is 14.5. The van der Waals surface area contributed by atoms with Crippen molar-refractivity contribution in [1.29, 1.82) is 0 Å². The molecule has 270 valence electrons. The Kier molecular flexibility index (Phi) is 11.3. The van der Waals surface area contributed by atoms with E-state index < -0.39 is 41.0 Å². The average Bonchev–Trinajstić information content (AvgIpc) is 3.42. The zero-order valence-electron chi connectivity index (χ0n) is 27.6. The summed E-state index contributed by atoms with van der Waals surface area (Å²) in [6.07, 6.45) is 0.699. The number of amides is 3. The van der Waals surface area contributed by atoms with Crippen LogP contribution < -0.4 is 16.4 Å². The molecule has 0 radical (unpaired) electrons. The van der Waals surface area contributed by atoms with Crippen molar-refractivity contribution < 1.29 is 44.4 Å². The van der Waals surface area contributed by atoms with Gasteiger partial charge in [-0.25, -0.2) is 9.78 Å². The van der Waals surface area contributed by atoms with Crippen LogP contribution in [-0.2, 0) is 24.0 Å². The van der Waals surface area contributed by atoms with Crippen LogP contribution in [0, 0.1) is 6.92 Å². The summed E-state index contributed by atoms with van der Waals surface area (Å²) in [6.45, 7) is 5.26. The number of carboxylic acid groups (broad SMARTS) is 1. The van der Waals surface area contributed by atoms with Crippen molar-refractivity contribution in [1.82, 2.24) is 20.5 Å². The number of hydrogen-bond donors (Lipinski definition) is 7. The standard InChI is InChI=1S/C33H35ClN6O9S2/c1-4-16-13-50-31-25(30(46)40(31)26(16)32(47)48)37-29(45)24(23-27(34)51-33(35)38-23)39-49-9-5-8-36-28(44)15(3)18-11-17(41)12-21(43)22(18)19-10-14(2)6-7-20(19)42/h6-7,10-12,15,25,31,41-43H,4-5,8-9,13H2,1-3H3,(H2,35,38)(H,36,44)(H,37,45)(H,47,48)/b39-24-/t15-,25+,31+/m0/s1. The molecule has 0 saturated carbocycles. The number of thiazole rings is 1. The molecule has 15 nitrogen and oxygen atoms in total. The maximum absolute atomic E-state index is 13.4. The quantitative estimate of drug-likeness (QED) is 0.0573. The van der Waals surface area contributed by atoms with Crippen molar-refractivity contribution >= 4 is 69.2 Å². The number of phenolic OH excluding ortho intramolecular Hbond substituents is 3. The number of benzene rings is 2. The van der Waals surface area contributed by atoms with Crippen LogP contribution in [0.2, 0.25) is 4.34 Å². The summed E-state index contributed by atoms with van der Waals surface area (Å²) in [7, 11) is 0. The predicted octanol–water partition coefficient (Wildman–Crippen LogP) is 3.65. The number of carbonyl (C=O) groups is 4. The topological polar surface area (TPSA) is 237 Å². The van der Waals surface area contributed by atoms with Crippen molar-refractivity contribution in [3.8, 4) is 28.4 Å². The molecule has 0 unspecified atom stereocenters. The van der Waals surface area contributed by atoms with Gasteiger partial charge in [0, 0.05) is 35.9 Å². The number of nitrogens with one attached hydrogen (secondary N) is 2. The van der Waals surface area contributed by atoms with E-state index in [1.807, 2.05) is 13.8 Å². The molecular weight excluding hydrogens is 724 g/mol. The lowest BCUT2D eigenvalue weighted by Gasteiger charge is -2.49. The number of thioether (sulfide) groups is 1. The van der Waals surface area contributed by atoms with E-state index >= 15 is 0 Å². The van der Waals surface area contributed by atoms with Crippen molar-refractivity contribution in [2.75, 3.05) is 24.6 Å². The first-order valence-electron chi connectivity index (χ1n) is 15.7. The number of oxime groups is 1. The van der Waals surface area contributed by atoms with Gasteiger partial charge < -0.3 is 41.6 Å². The van der Waals surface area contributed by atoms with E-state index in [0.29, 0.717) is 28.9 Å². The van der Waals surface area contributed by atoms with E-state index in [2.05, 4.69) is 20.8 Å². The molecule has 0 spiro atoms. The number of aromatic nitrogens is 1. The van der Waals surface area contributed by atoms with Gasteiger partial charge in [-0.3, -0.25) is 19.3 Å². The Labute approximate surface area is 305 Å². The lowest BCUT2D eigenvalue weighted by molar-refractivity contribution is -0.150. The number of phenols is 3. The van der Waals surface area contributed by atoms with Crippen LogP contribution in [0.4, 0.5) is 5.13 Å². The second-order valence-electron chi connectivity index (χ2n) is 11.7. The van der Waals surface area contributed by atoms with Gasteiger partial charge in [-0.15, -0.1) is 11.8 Å². The third-order valence-electron chi connectivity index (χ3n) is 8.29. The maximum atomic E-state index is 13.4. The zero-order chi connectivity index (χ0) is 37.1. The number of carboxylic acids is 1. The van der Waals surface area contributed by atoms with Crippen LogP contribution in [0.25, 0.3) is 11.1 Å². The largest absolute Gasteiger partial charge is 0.508 e. The molecule has 3 heterocycles. The first-order chi connectivity index (χ1) is 24.2. The van der Waals surface area contributed by atoms with Gasteiger partial charge in [0.2, 0.25) is 5.91 Å². The van der Waals surface area contributed by atoms with Gasteiger partial charge in [-0.1, -0.05) is 46.6 Å². The fraction of sp³-hybridized carbons (Fsp3) is 0.333. The van der Waals surface area contributed by atoms with E-state index in [1.54, 1.807) is 19.1 Å². The smallest absolute Gasteiger partial charge is 0.352 e. The van der Waals surface area contributed by atoms with Gasteiger partial charge in [0.1, 0.15) is 51.0 Å². The molecular formula is C33H35ClN6O9S2. The molecule has 3 atom stereocenters. The first kappa shape index (κ1) is 37.3. The fourth-order valence-electron chi connectivity index (χ4n) is 5.69. The molecule has 8 N–H and O–H groups in total. The number of halogens is 1. The van der Waals surface area contributed by atoms with Crippen LogP contribution in [-0.4, -0.2) is 90.0 Å². The number of aromatic hydroxyl groups is 3. The number of nitrogens with two attached hydrogens (primary N) is 1. The minimum atomic E-state index is -1.22. The number of anilines is 1. The number of β-lactam (4-membered cyclic amide) rings is 1. The Morgan fingerprint density at radius 1 is 1.20 bits per heavy atom.